The van der Waals surface area contributed by atoms with Gasteiger partial charge in [-0.3, -0.25) is 4.79 Å². The summed E-state index contributed by atoms with van der Waals surface area (Å²) in [7, 11) is -1.56. The predicted molar refractivity (Wildman–Crippen MR) is 69.5 cm³/mol. The minimum Gasteiger partial charge on any atom is -0.508 e. The maximum Gasteiger partial charge on any atom is 0.254 e. The number of phenols is 1. The number of amides is 1. The Bertz CT molecular complexity index is 551. The van der Waals surface area contributed by atoms with E-state index < -0.39 is 9.84 Å². The molecule has 1 rings (SSSR count). The minimum absolute atomic E-state index is 0.0531. The average molecular weight is 271 g/mol. The maximum absolute atomic E-state index is 12.1. The third-order valence-corrected chi connectivity index (χ3v) is 3.60. The van der Waals surface area contributed by atoms with Gasteiger partial charge in [-0.1, -0.05) is 6.07 Å². The van der Waals surface area contributed by atoms with Gasteiger partial charge in [0.15, 0.2) is 0 Å². The van der Waals surface area contributed by atoms with E-state index in [1.807, 2.05) is 0 Å². The molecule has 1 N–H and O–H groups in total. The van der Waals surface area contributed by atoms with Crippen molar-refractivity contribution in [3.63, 3.8) is 0 Å². The van der Waals surface area contributed by atoms with Crippen LogP contribution >= 0.6 is 0 Å². The van der Waals surface area contributed by atoms with Crippen molar-refractivity contribution in [3.8, 4) is 5.75 Å². The highest BCUT2D eigenvalue weighted by Gasteiger charge is 2.16. The first-order valence-electron chi connectivity index (χ1n) is 5.44. The summed E-state index contributed by atoms with van der Waals surface area (Å²) in [5, 5.41) is 9.52. The Balaban J connectivity index is 2.84. The number of rotatable bonds is 4. The van der Waals surface area contributed by atoms with Gasteiger partial charge >= 0.3 is 0 Å². The van der Waals surface area contributed by atoms with Gasteiger partial charge in [0, 0.05) is 31.0 Å². The van der Waals surface area contributed by atoms with Crippen LogP contribution in [0.5, 0.6) is 5.75 Å². The van der Waals surface area contributed by atoms with Crippen molar-refractivity contribution in [3.05, 3.63) is 29.3 Å². The predicted octanol–water partition coefficient (Wildman–Crippen LogP) is 0.817. The van der Waals surface area contributed by atoms with Crippen molar-refractivity contribution < 1.29 is 18.3 Å². The Morgan fingerprint density at radius 2 is 2.00 bits per heavy atom. The highest BCUT2D eigenvalue weighted by atomic mass is 32.2. The van der Waals surface area contributed by atoms with E-state index in [1.165, 1.54) is 18.0 Å². The van der Waals surface area contributed by atoms with Gasteiger partial charge < -0.3 is 10.0 Å². The third-order valence-electron chi connectivity index (χ3n) is 2.68. The van der Waals surface area contributed by atoms with Crippen LogP contribution in [0, 0.1) is 6.92 Å². The highest BCUT2D eigenvalue weighted by Crippen LogP contribution is 2.20. The number of sulfone groups is 1. The van der Waals surface area contributed by atoms with Gasteiger partial charge in [-0.25, -0.2) is 8.42 Å². The number of hydrogen-bond donors (Lipinski definition) is 1. The highest BCUT2D eigenvalue weighted by molar-refractivity contribution is 7.90. The number of phenolic OH excluding ortho intramolecular Hbond substituents is 1. The normalized spacial score (nSPS) is 11.3. The molecule has 0 unspecified atom stereocenters. The van der Waals surface area contributed by atoms with Gasteiger partial charge in [0.05, 0.1) is 5.75 Å². The standard InChI is InChI=1S/C12H17NO4S/c1-9-10(5-4-6-11(9)14)12(15)13(2)7-8-18(3,16)17/h4-6,14H,7-8H2,1-3H3. The zero-order chi connectivity index (χ0) is 13.9. The van der Waals surface area contributed by atoms with Gasteiger partial charge in [0.1, 0.15) is 15.6 Å². The quantitative estimate of drug-likeness (QED) is 0.879. The van der Waals surface area contributed by atoms with Crippen LogP contribution in [0.25, 0.3) is 0 Å². The van der Waals surface area contributed by atoms with E-state index >= 15 is 0 Å². The van der Waals surface area contributed by atoms with E-state index in [1.54, 1.807) is 19.1 Å². The van der Waals surface area contributed by atoms with Crippen LogP contribution in [0.1, 0.15) is 15.9 Å². The Labute approximate surface area is 107 Å². The van der Waals surface area contributed by atoms with Gasteiger partial charge in [-0.15, -0.1) is 0 Å². The van der Waals surface area contributed by atoms with Gasteiger partial charge in [-0.2, -0.15) is 0 Å². The van der Waals surface area contributed by atoms with Crippen LogP contribution in [-0.2, 0) is 9.84 Å². The molecule has 1 amide bonds. The molecule has 0 aliphatic rings. The molecular weight excluding hydrogens is 254 g/mol. The third kappa shape index (κ3) is 3.73. The Kier molecular flexibility index (Phi) is 4.34. The van der Waals surface area contributed by atoms with Crippen molar-refractivity contribution in [1.82, 2.24) is 4.90 Å². The molecule has 18 heavy (non-hydrogen) atoms. The molecule has 0 saturated carbocycles. The summed E-state index contributed by atoms with van der Waals surface area (Å²) in [4.78, 5) is 13.4. The zero-order valence-corrected chi connectivity index (χ0v) is 11.5. The average Bonchev–Trinajstić information content (AvgIpc) is 2.28. The molecule has 0 fully saturated rings. The maximum atomic E-state index is 12.1. The fourth-order valence-electron chi connectivity index (χ4n) is 1.47. The summed E-state index contributed by atoms with van der Waals surface area (Å²) in [6.45, 7) is 1.78. The molecule has 1 aromatic carbocycles. The molecule has 0 aliphatic heterocycles. The lowest BCUT2D eigenvalue weighted by Crippen LogP contribution is -2.31. The van der Waals surface area contributed by atoms with Crippen molar-refractivity contribution in [2.24, 2.45) is 0 Å². The number of carbonyl (C=O) groups is 1. The van der Waals surface area contributed by atoms with Crippen LogP contribution in [0.4, 0.5) is 0 Å². The van der Waals surface area contributed by atoms with Gasteiger partial charge in [0.2, 0.25) is 0 Å². The molecule has 0 aliphatic carbocycles. The lowest BCUT2D eigenvalue weighted by Gasteiger charge is -2.18. The Hall–Kier alpha value is -1.56. The number of nitrogens with zero attached hydrogens (tertiary/aromatic N) is 1. The lowest BCUT2D eigenvalue weighted by atomic mass is 10.1. The fraction of sp³-hybridized carbons (Fsp3) is 0.417. The molecule has 0 bridgehead atoms. The number of aromatic hydroxyl groups is 1. The topological polar surface area (TPSA) is 74.7 Å². The minimum atomic E-state index is -3.10. The van der Waals surface area contributed by atoms with Crippen LogP contribution in [0.3, 0.4) is 0 Å². The van der Waals surface area contributed by atoms with Crippen LogP contribution in [0.2, 0.25) is 0 Å². The first-order chi connectivity index (χ1) is 8.22. The largest absolute Gasteiger partial charge is 0.508 e. The fourth-order valence-corrected chi connectivity index (χ4v) is 2.07. The second-order valence-electron chi connectivity index (χ2n) is 4.31. The molecule has 6 heteroatoms. The molecule has 1 aromatic rings. The van der Waals surface area contributed by atoms with E-state index in [9.17, 15) is 18.3 Å². The molecule has 0 saturated heterocycles. The van der Waals surface area contributed by atoms with Crippen LogP contribution < -0.4 is 0 Å². The number of carbonyl (C=O) groups excluding carboxylic acids is 1. The molecule has 100 valence electrons. The first kappa shape index (κ1) is 14.5. The summed E-state index contributed by atoms with van der Waals surface area (Å²) < 4.78 is 22.1. The summed E-state index contributed by atoms with van der Waals surface area (Å²) >= 11 is 0. The number of benzene rings is 1. The lowest BCUT2D eigenvalue weighted by molar-refractivity contribution is 0.0802. The van der Waals surface area contributed by atoms with Crippen molar-refractivity contribution in [2.75, 3.05) is 25.6 Å². The van der Waals surface area contributed by atoms with Gasteiger partial charge in [-0.05, 0) is 19.1 Å². The van der Waals surface area contributed by atoms with E-state index in [0.29, 0.717) is 11.1 Å². The van der Waals surface area contributed by atoms with E-state index in [-0.39, 0.29) is 24.0 Å². The Morgan fingerprint density at radius 1 is 1.39 bits per heavy atom. The van der Waals surface area contributed by atoms with Crippen LogP contribution in [-0.4, -0.2) is 49.9 Å². The monoisotopic (exact) mass is 271 g/mol. The SMILES string of the molecule is Cc1c(O)cccc1C(=O)N(C)CCS(C)(=O)=O. The molecule has 0 spiro atoms. The van der Waals surface area contributed by atoms with E-state index in [4.69, 9.17) is 0 Å². The molecule has 0 atom stereocenters. The second kappa shape index (κ2) is 5.39. The smallest absolute Gasteiger partial charge is 0.254 e. The first-order valence-corrected chi connectivity index (χ1v) is 7.50. The Morgan fingerprint density at radius 3 is 2.56 bits per heavy atom. The van der Waals surface area contributed by atoms with E-state index in [2.05, 4.69) is 0 Å². The van der Waals surface area contributed by atoms with E-state index in [0.717, 1.165) is 6.26 Å². The van der Waals surface area contributed by atoms with Crippen molar-refractivity contribution in [1.29, 1.82) is 0 Å². The second-order valence-corrected chi connectivity index (χ2v) is 6.57. The summed E-state index contributed by atoms with van der Waals surface area (Å²) in [5.41, 5.74) is 0.875. The molecule has 0 radical (unpaired) electrons. The zero-order valence-electron chi connectivity index (χ0n) is 10.7. The number of hydrogen-bond acceptors (Lipinski definition) is 4. The summed E-state index contributed by atoms with van der Waals surface area (Å²) in [5.74, 6) is -0.322. The molecule has 0 aromatic heterocycles. The summed E-state index contributed by atoms with van der Waals surface area (Å²) in [6.07, 6.45) is 1.13. The van der Waals surface area contributed by atoms with Crippen molar-refractivity contribution in [2.45, 2.75) is 6.92 Å². The molecule has 5 nitrogen and oxygen atoms in total. The molecular formula is C12H17NO4S. The summed E-state index contributed by atoms with van der Waals surface area (Å²) in [6, 6.07) is 4.69. The molecule has 0 heterocycles. The van der Waals surface area contributed by atoms with Crippen molar-refractivity contribution >= 4 is 15.7 Å². The van der Waals surface area contributed by atoms with Crippen LogP contribution in [0.15, 0.2) is 18.2 Å². The van der Waals surface area contributed by atoms with Gasteiger partial charge in [0.25, 0.3) is 5.91 Å².